The minimum absolute atomic E-state index is 0. The van der Waals surface area contributed by atoms with Crippen LogP contribution in [0.3, 0.4) is 0 Å². The minimum Gasteiger partial charge on any atom is -0.478 e. The molecule has 0 bridgehead atoms. The van der Waals surface area contributed by atoms with E-state index < -0.39 is 20.8 Å². The zero-order valence-electron chi connectivity index (χ0n) is 12.5. The molecule has 0 radical (unpaired) electrons. The Bertz CT molecular complexity index is 381. The average molecular weight is 332 g/mol. The summed E-state index contributed by atoms with van der Waals surface area (Å²) in [6.07, 6.45) is 1.44. The van der Waals surface area contributed by atoms with Crippen LogP contribution in [0.25, 0.3) is 0 Å². The van der Waals surface area contributed by atoms with E-state index in [-0.39, 0.29) is 18.0 Å². The lowest BCUT2D eigenvalue weighted by molar-refractivity contribution is -0.132. The lowest BCUT2D eigenvalue weighted by Gasteiger charge is -2.20. The molecule has 0 aromatic rings. The SMILES string of the molecule is C=C(C)C(=O)O.CCCNCCC(C)(C)S(=O)(=O)O.Cl. The van der Waals surface area contributed by atoms with Gasteiger partial charge >= 0.3 is 5.97 Å². The van der Waals surface area contributed by atoms with Gasteiger partial charge in [0.05, 0.1) is 4.75 Å². The van der Waals surface area contributed by atoms with E-state index in [1.54, 1.807) is 0 Å². The van der Waals surface area contributed by atoms with Crippen molar-refractivity contribution in [2.45, 2.75) is 45.3 Å². The molecule has 3 N–H and O–H groups in total. The highest BCUT2D eigenvalue weighted by atomic mass is 35.5. The first-order valence-corrected chi connectivity index (χ1v) is 7.46. The van der Waals surface area contributed by atoms with Gasteiger partial charge in [-0.25, -0.2) is 4.79 Å². The quantitative estimate of drug-likeness (QED) is 0.375. The Balaban J connectivity index is -0.000000352. The molecular formula is C12H26ClNO5S. The van der Waals surface area contributed by atoms with Crippen molar-refractivity contribution in [1.29, 1.82) is 0 Å². The van der Waals surface area contributed by atoms with Gasteiger partial charge in [-0.2, -0.15) is 8.42 Å². The fraction of sp³-hybridized carbons (Fsp3) is 0.750. The van der Waals surface area contributed by atoms with Crippen LogP contribution in [0, 0.1) is 0 Å². The maximum Gasteiger partial charge on any atom is 0.330 e. The van der Waals surface area contributed by atoms with Crippen molar-refractivity contribution in [3.63, 3.8) is 0 Å². The fourth-order valence-electron chi connectivity index (χ4n) is 0.820. The van der Waals surface area contributed by atoms with Crippen LogP contribution < -0.4 is 5.32 Å². The highest BCUT2D eigenvalue weighted by Gasteiger charge is 2.31. The topological polar surface area (TPSA) is 104 Å². The summed E-state index contributed by atoms with van der Waals surface area (Å²) in [4.78, 5) is 9.60. The van der Waals surface area contributed by atoms with E-state index in [1.165, 1.54) is 20.8 Å². The Morgan fingerprint density at radius 2 is 1.70 bits per heavy atom. The standard InChI is InChI=1S/C8H19NO3S.C4H6O2.ClH/c1-4-6-9-7-5-8(2,3)13(10,11)12;1-3(2)4(5)6;/h9H,4-7H2,1-3H3,(H,10,11,12);1H2,2H3,(H,5,6);1H. The van der Waals surface area contributed by atoms with Crippen LogP contribution >= 0.6 is 12.4 Å². The van der Waals surface area contributed by atoms with Gasteiger partial charge < -0.3 is 10.4 Å². The molecule has 0 aliphatic rings. The Morgan fingerprint density at radius 1 is 1.30 bits per heavy atom. The van der Waals surface area contributed by atoms with E-state index in [2.05, 4.69) is 11.9 Å². The molecule has 0 spiro atoms. The molecule has 8 heteroatoms. The van der Waals surface area contributed by atoms with Crippen LogP contribution in [-0.2, 0) is 14.9 Å². The number of rotatable bonds is 7. The number of aliphatic carboxylic acids is 1. The summed E-state index contributed by atoms with van der Waals surface area (Å²) in [5, 5.41) is 11.0. The highest BCUT2D eigenvalue weighted by molar-refractivity contribution is 7.87. The summed E-state index contributed by atoms with van der Waals surface area (Å²) in [6, 6.07) is 0. The Labute approximate surface area is 127 Å². The van der Waals surface area contributed by atoms with E-state index in [4.69, 9.17) is 9.66 Å². The molecule has 0 heterocycles. The number of hydrogen-bond donors (Lipinski definition) is 3. The van der Waals surface area contributed by atoms with Gasteiger partial charge in [-0.3, -0.25) is 4.55 Å². The van der Waals surface area contributed by atoms with Crippen molar-refractivity contribution in [2.75, 3.05) is 13.1 Å². The molecule has 0 amide bonds. The van der Waals surface area contributed by atoms with Crippen LogP contribution in [0.2, 0.25) is 0 Å². The Hall–Kier alpha value is -0.630. The van der Waals surface area contributed by atoms with Crippen molar-refractivity contribution in [3.05, 3.63) is 12.2 Å². The second-order valence-corrected chi connectivity index (χ2v) is 6.88. The van der Waals surface area contributed by atoms with Gasteiger partial charge in [-0.15, -0.1) is 12.4 Å². The number of carbonyl (C=O) groups is 1. The van der Waals surface area contributed by atoms with Crippen LogP contribution in [0.15, 0.2) is 12.2 Å². The van der Waals surface area contributed by atoms with Gasteiger partial charge in [0.1, 0.15) is 0 Å². The molecule has 20 heavy (non-hydrogen) atoms. The number of halogens is 1. The maximum absolute atomic E-state index is 10.8. The summed E-state index contributed by atoms with van der Waals surface area (Å²) < 4.78 is 29.5. The van der Waals surface area contributed by atoms with Crippen molar-refractivity contribution in [2.24, 2.45) is 0 Å². The normalized spacial score (nSPS) is 10.8. The highest BCUT2D eigenvalue weighted by Crippen LogP contribution is 2.18. The summed E-state index contributed by atoms with van der Waals surface area (Å²) in [5.41, 5.74) is 0.176. The first-order chi connectivity index (χ1) is 8.45. The van der Waals surface area contributed by atoms with Crippen LogP contribution in [0.5, 0.6) is 0 Å². The number of nitrogens with one attached hydrogen (secondary N) is 1. The maximum atomic E-state index is 10.8. The zero-order valence-corrected chi connectivity index (χ0v) is 14.1. The summed E-state index contributed by atoms with van der Waals surface area (Å²) in [6.45, 7) is 11.2. The van der Waals surface area contributed by atoms with Crippen molar-refractivity contribution in [3.8, 4) is 0 Å². The van der Waals surface area contributed by atoms with Crippen molar-refractivity contribution < 1.29 is 22.9 Å². The number of carboxylic acid groups (broad SMARTS) is 1. The first-order valence-electron chi connectivity index (χ1n) is 6.02. The third-order valence-electron chi connectivity index (χ3n) is 2.39. The number of carboxylic acids is 1. The van der Waals surface area contributed by atoms with E-state index in [0.717, 1.165) is 13.0 Å². The van der Waals surface area contributed by atoms with Crippen LogP contribution in [0.4, 0.5) is 0 Å². The van der Waals surface area contributed by atoms with E-state index in [1.807, 2.05) is 6.92 Å². The van der Waals surface area contributed by atoms with E-state index >= 15 is 0 Å². The Morgan fingerprint density at radius 3 is 1.95 bits per heavy atom. The average Bonchev–Trinajstić information content (AvgIpc) is 2.23. The van der Waals surface area contributed by atoms with Crippen molar-refractivity contribution >= 4 is 28.5 Å². The largest absolute Gasteiger partial charge is 0.478 e. The van der Waals surface area contributed by atoms with Gasteiger partial charge in [0, 0.05) is 5.57 Å². The third-order valence-corrected chi connectivity index (χ3v) is 3.99. The molecule has 0 aliphatic heterocycles. The summed E-state index contributed by atoms with van der Waals surface area (Å²) >= 11 is 0. The lowest BCUT2D eigenvalue weighted by Crippen LogP contribution is -2.35. The molecule has 0 rings (SSSR count). The Kier molecular flexibility index (Phi) is 13.5. The lowest BCUT2D eigenvalue weighted by atomic mass is 10.1. The zero-order chi connectivity index (χ0) is 15.7. The molecule has 0 saturated carbocycles. The molecular weight excluding hydrogens is 306 g/mol. The van der Waals surface area contributed by atoms with Gasteiger partial charge in [-0.1, -0.05) is 13.5 Å². The second kappa shape index (κ2) is 11.1. The summed E-state index contributed by atoms with van der Waals surface area (Å²) in [5.74, 6) is -0.935. The van der Waals surface area contributed by atoms with E-state index in [0.29, 0.717) is 13.0 Å². The van der Waals surface area contributed by atoms with Gasteiger partial charge in [0.25, 0.3) is 10.1 Å². The molecule has 0 aromatic heterocycles. The minimum atomic E-state index is -3.93. The van der Waals surface area contributed by atoms with E-state index in [9.17, 15) is 13.2 Å². The fourth-order valence-corrected chi connectivity index (χ4v) is 1.18. The first kappa shape index (κ1) is 24.4. The third kappa shape index (κ3) is 12.4. The molecule has 6 nitrogen and oxygen atoms in total. The predicted molar refractivity (Wildman–Crippen MR) is 83.1 cm³/mol. The van der Waals surface area contributed by atoms with Gasteiger partial charge in [-0.05, 0) is 46.7 Å². The van der Waals surface area contributed by atoms with Gasteiger partial charge in [0.15, 0.2) is 0 Å². The molecule has 0 atom stereocenters. The molecule has 0 saturated heterocycles. The van der Waals surface area contributed by atoms with Crippen LogP contribution in [0.1, 0.15) is 40.5 Å². The predicted octanol–water partition coefficient (Wildman–Crippen LogP) is 2.11. The molecule has 0 unspecified atom stereocenters. The molecule has 0 fully saturated rings. The smallest absolute Gasteiger partial charge is 0.330 e. The van der Waals surface area contributed by atoms with Gasteiger partial charge in [0.2, 0.25) is 0 Å². The van der Waals surface area contributed by atoms with Crippen LogP contribution in [-0.4, -0.2) is 41.9 Å². The second-order valence-electron chi connectivity index (χ2n) is 4.82. The summed E-state index contributed by atoms with van der Waals surface area (Å²) in [7, 11) is -3.93. The molecule has 0 aliphatic carbocycles. The molecule has 0 aromatic carbocycles. The van der Waals surface area contributed by atoms with Crippen molar-refractivity contribution in [1.82, 2.24) is 5.32 Å². The number of hydrogen-bond acceptors (Lipinski definition) is 4. The molecule has 122 valence electrons. The monoisotopic (exact) mass is 331 g/mol.